The Balaban J connectivity index is 2.16. The Bertz CT molecular complexity index is 521. The smallest absolute Gasteiger partial charge is 0.316 e. The highest BCUT2D eigenvalue weighted by Gasteiger charge is 2.09. The summed E-state index contributed by atoms with van der Waals surface area (Å²) in [6, 6.07) is 5.78. The van der Waals surface area contributed by atoms with Crippen molar-refractivity contribution in [1.29, 1.82) is 0 Å². The number of fused-ring (bicyclic) bond motifs is 1. The van der Waals surface area contributed by atoms with Crippen LogP contribution in [0.1, 0.15) is 5.56 Å². The third-order valence-corrected chi connectivity index (χ3v) is 2.87. The second-order valence-corrected chi connectivity index (χ2v) is 4.24. The van der Waals surface area contributed by atoms with E-state index in [0.29, 0.717) is 5.22 Å². The van der Waals surface area contributed by atoms with Gasteiger partial charge in [0.25, 0.3) is 5.22 Å². The molecule has 0 fully saturated rings. The van der Waals surface area contributed by atoms with Crippen LogP contribution in [0.2, 0.25) is 0 Å². The molecule has 1 heterocycles. The summed E-state index contributed by atoms with van der Waals surface area (Å²) in [5, 5.41) is 0.492. The molecular formula is C11H11NO3S. The number of methoxy groups -OCH3 is 1. The Kier molecular flexibility index (Phi) is 3.14. The summed E-state index contributed by atoms with van der Waals surface area (Å²) in [5.74, 6) is -0.0779. The number of nitrogens with zero attached hydrogens (tertiary/aromatic N) is 1. The molecule has 2 aromatic rings. The van der Waals surface area contributed by atoms with Crippen LogP contribution in [0, 0.1) is 6.92 Å². The number of rotatable bonds is 3. The van der Waals surface area contributed by atoms with Crippen LogP contribution in [0.4, 0.5) is 0 Å². The average molecular weight is 237 g/mol. The van der Waals surface area contributed by atoms with Crippen molar-refractivity contribution in [2.45, 2.75) is 12.1 Å². The molecule has 1 aromatic carbocycles. The molecule has 0 atom stereocenters. The van der Waals surface area contributed by atoms with Crippen LogP contribution in [-0.2, 0) is 9.53 Å². The molecule has 0 unspecified atom stereocenters. The molecule has 0 N–H and O–H groups in total. The highest BCUT2D eigenvalue weighted by molar-refractivity contribution is 7.99. The molecule has 0 aliphatic heterocycles. The summed E-state index contributed by atoms with van der Waals surface area (Å²) in [6.07, 6.45) is 0. The Morgan fingerprint density at radius 2 is 2.38 bits per heavy atom. The van der Waals surface area contributed by atoms with Gasteiger partial charge in [-0.3, -0.25) is 4.79 Å². The topological polar surface area (TPSA) is 52.3 Å². The van der Waals surface area contributed by atoms with E-state index in [0.717, 1.165) is 16.7 Å². The Morgan fingerprint density at radius 3 is 3.12 bits per heavy atom. The molecule has 0 spiro atoms. The lowest BCUT2D eigenvalue weighted by Gasteiger charge is -1.94. The minimum atomic E-state index is -0.288. The van der Waals surface area contributed by atoms with Gasteiger partial charge in [0.05, 0.1) is 7.11 Å². The molecule has 2 rings (SSSR count). The van der Waals surface area contributed by atoms with Gasteiger partial charge >= 0.3 is 5.97 Å². The van der Waals surface area contributed by atoms with Gasteiger partial charge in [-0.25, -0.2) is 4.98 Å². The lowest BCUT2D eigenvalue weighted by molar-refractivity contribution is -0.137. The summed E-state index contributed by atoms with van der Waals surface area (Å²) in [4.78, 5) is 15.2. The first-order valence-electron chi connectivity index (χ1n) is 4.76. The summed E-state index contributed by atoms with van der Waals surface area (Å²) in [7, 11) is 1.36. The van der Waals surface area contributed by atoms with Crippen molar-refractivity contribution < 1.29 is 13.9 Å². The summed E-state index contributed by atoms with van der Waals surface area (Å²) in [5.41, 5.74) is 2.68. The van der Waals surface area contributed by atoms with Crippen LogP contribution >= 0.6 is 11.8 Å². The standard InChI is InChI=1S/C11H11NO3S/c1-7-3-4-9-8(5-7)12-11(15-9)16-6-10(13)14-2/h3-5H,6H2,1-2H3. The predicted molar refractivity (Wildman–Crippen MR) is 61.5 cm³/mol. The largest absolute Gasteiger partial charge is 0.468 e. The first-order chi connectivity index (χ1) is 7.69. The third-order valence-electron chi connectivity index (χ3n) is 2.06. The van der Waals surface area contributed by atoms with Gasteiger partial charge in [0.15, 0.2) is 5.58 Å². The van der Waals surface area contributed by atoms with Gasteiger partial charge in [-0.2, -0.15) is 0 Å². The number of carbonyl (C=O) groups excluding carboxylic acids is 1. The first-order valence-corrected chi connectivity index (χ1v) is 5.74. The fourth-order valence-corrected chi connectivity index (χ4v) is 1.93. The van der Waals surface area contributed by atoms with Crippen LogP contribution in [-0.4, -0.2) is 23.8 Å². The molecule has 4 nitrogen and oxygen atoms in total. The van der Waals surface area contributed by atoms with Gasteiger partial charge in [0.1, 0.15) is 11.3 Å². The van der Waals surface area contributed by atoms with Crippen molar-refractivity contribution in [3.63, 3.8) is 0 Å². The van der Waals surface area contributed by atoms with E-state index in [-0.39, 0.29) is 11.7 Å². The van der Waals surface area contributed by atoms with Crippen molar-refractivity contribution in [3.8, 4) is 0 Å². The van der Waals surface area contributed by atoms with E-state index in [4.69, 9.17) is 4.42 Å². The highest BCUT2D eigenvalue weighted by atomic mass is 32.2. The molecule has 0 saturated heterocycles. The van der Waals surface area contributed by atoms with E-state index in [1.165, 1.54) is 18.9 Å². The lowest BCUT2D eigenvalue weighted by Crippen LogP contribution is -2.02. The van der Waals surface area contributed by atoms with Crippen LogP contribution in [0.15, 0.2) is 27.8 Å². The molecule has 84 valence electrons. The maximum atomic E-state index is 10.9. The van der Waals surface area contributed by atoms with Crippen molar-refractivity contribution >= 4 is 28.8 Å². The van der Waals surface area contributed by atoms with Crippen molar-refractivity contribution in [2.24, 2.45) is 0 Å². The van der Waals surface area contributed by atoms with Crippen LogP contribution < -0.4 is 0 Å². The van der Waals surface area contributed by atoms with Crippen molar-refractivity contribution in [3.05, 3.63) is 23.8 Å². The second kappa shape index (κ2) is 4.57. The zero-order valence-corrected chi connectivity index (χ0v) is 9.84. The quantitative estimate of drug-likeness (QED) is 0.606. The maximum Gasteiger partial charge on any atom is 0.316 e. The lowest BCUT2D eigenvalue weighted by atomic mass is 10.2. The minimum Gasteiger partial charge on any atom is -0.468 e. The van der Waals surface area contributed by atoms with Gasteiger partial charge in [0, 0.05) is 0 Å². The Morgan fingerprint density at radius 1 is 1.56 bits per heavy atom. The molecule has 5 heteroatoms. The molecule has 0 amide bonds. The fourth-order valence-electron chi connectivity index (χ4n) is 1.26. The highest BCUT2D eigenvalue weighted by Crippen LogP contribution is 2.23. The number of ether oxygens (including phenoxy) is 1. The van der Waals surface area contributed by atoms with E-state index in [9.17, 15) is 4.79 Å². The summed E-state index contributed by atoms with van der Waals surface area (Å²) < 4.78 is 10.00. The van der Waals surface area contributed by atoms with Gasteiger partial charge in [0.2, 0.25) is 0 Å². The zero-order chi connectivity index (χ0) is 11.5. The van der Waals surface area contributed by atoms with E-state index in [2.05, 4.69) is 9.72 Å². The van der Waals surface area contributed by atoms with Crippen molar-refractivity contribution in [1.82, 2.24) is 4.98 Å². The number of benzene rings is 1. The number of esters is 1. The summed E-state index contributed by atoms with van der Waals surface area (Å²) in [6.45, 7) is 2.00. The van der Waals surface area contributed by atoms with Gasteiger partial charge < -0.3 is 9.15 Å². The SMILES string of the molecule is COC(=O)CSc1nc2cc(C)ccc2o1. The predicted octanol–water partition coefficient (Wildman–Crippen LogP) is 2.40. The summed E-state index contributed by atoms with van der Waals surface area (Å²) >= 11 is 1.23. The first kappa shape index (κ1) is 11.0. The van der Waals surface area contributed by atoms with Crippen molar-refractivity contribution in [2.75, 3.05) is 12.9 Å². The average Bonchev–Trinajstić information content (AvgIpc) is 2.67. The van der Waals surface area contributed by atoms with E-state index >= 15 is 0 Å². The van der Waals surface area contributed by atoms with E-state index in [1.54, 1.807) is 0 Å². The van der Waals surface area contributed by atoms with E-state index < -0.39 is 0 Å². The van der Waals surface area contributed by atoms with Gasteiger partial charge in [-0.05, 0) is 24.6 Å². The Labute approximate surface area is 97.0 Å². The minimum absolute atomic E-state index is 0.211. The molecule has 0 aliphatic rings. The van der Waals surface area contributed by atoms with Crippen LogP contribution in [0.25, 0.3) is 11.1 Å². The number of thioether (sulfide) groups is 1. The molecule has 0 saturated carbocycles. The van der Waals surface area contributed by atoms with Gasteiger partial charge in [-0.1, -0.05) is 17.8 Å². The van der Waals surface area contributed by atoms with Gasteiger partial charge in [-0.15, -0.1) is 0 Å². The Hall–Kier alpha value is -1.49. The zero-order valence-electron chi connectivity index (χ0n) is 9.02. The number of hydrogen-bond donors (Lipinski definition) is 0. The number of aromatic nitrogens is 1. The molecule has 16 heavy (non-hydrogen) atoms. The molecule has 0 aliphatic carbocycles. The molecule has 0 bridgehead atoms. The fraction of sp³-hybridized carbons (Fsp3) is 0.273. The van der Waals surface area contributed by atoms with Crippen LogP contribution in [0.5, 0.6) is 0 Å². The number of hydrogen-bond acceptors (Lipinski definition) is 5. The van der Waals surface area contributed by atoms with Crippen LogP contribution in [0.3, 0.4) is 0 Å². The monoisotopic (exact) mass is 237 g/mol. The second-order valence-electron chi connectivity index (χ2n) is 3.32. The normalized spacial score (nSPS) is 10.6. The molecule has 1 aromatic heterocycles. The maximum absolute atomic E-state index is 10.9. The molecule has 0 radical (unpaired) electrons. The van der Waals surface area contributed by atoms with E-state index in [1.807, 2.05) is 25.1 Å². The number of oxazole rings is 1. The molecular weight excluding hydrogens is 226 g/mol. The number of carbonyl (C=O) groups is 1. The number of aryl methyl sites for hydroxylation is 1. The third kappa shape index (κ3) is 2.36.